The minimum Gasteiger partial charge on any atom is -0.350 e. The van der Waals surface area contributed by atoms with E-state index in [2.05, 4.69) is 20.3 Å². The van der Waals surface area contributed by atoms with Crippen LogP contribution in [0.4, 0.5) is 5.95 Å². The van der Waals surface area contributed by atoms with Gasteiger partial charge in [-0.15, -0.1) is 0 Å². The smallest absolute Gasteiger partial charge is 0.224 e. The first kappa shape index (κ1) is 10.1. The van der Waals surface area contributed by atoms with Gasteiger partial charge in [0.25, 0.3) is 0 Å². The Morgan fingerprint density at radius 3 is 3.00 bits per heavy atom. The van der Waals surface area contributed by atoms with Gasteiger partial charge in [-0.25, -0.2) is 9.97 Å². The molecule has 0 atom stereocenters. The van der Waals surface area contributed by atoms with E-state index < -0.39 is 0 Å². The molecule has 5 heteroatoms. The van der Waals surface area contributed by atoms with Crippen LogP contribution in [0.15, 0.2) is 36.8 Å². The molecule has 0 radical (unpaired) electrons. The standard InChI is InChI=1S/C11H9N5/c12-6-10-3-5-14-11(16-10)15-8-9-2-1-4-13-7-9/h1-5,7H,8H2,(H,14,15,16). The third-order valence-corrected chi connectivity index (χ3v) is 1.94. The Bertz CT molecular complexity index is 503. The molecule has 0 fully saturated rings. The van der Waals surface area contributed by atoms with Crippen molar-refractivity contribution in [1.82, 2.24) is 15.0 Å². The van der Waals surface area contributed by atoms with Crippen molar-refractivity contribution in [2.75, 3.05) is 5.32 Å². The lowest BCUT2D eigenvalue weighted by molar-refractivity contribution is 1.03. The zero-order valence-electron chi connectivity index (χ0n) is 8.46. The molecule has 0 spiro atoms. The van der Waals surface area contributed by atoms with Crippen LogP contribution < -0.4 is 5.32 Å². The Morgan fingerprint density at radius 1 is 1.31 bits per heavy atom. The summed E-state index contributed by atoms with van der Waals surface area (Å²) in [5.41, 5.74) is 1.39. The first-order chi connectivity index (χ1) is 7.88. The number of anilines is 1. The van der Waals surface area contributed by atoms with Crippen molar-refractivity contribution in [3.63, 3.8) is 0 Å². The molecule has 0 bridgehead atoms. The van der Waals surface area contributed by atoms with Gasteiger partial charge in [0, 0.05) is 25.1 Å². The average Bonchev–Trinajstić information content (AvgIpc) is 2.38. The summed E-state index contributed by atoms with van der Waals surface area (Å²) < 4.78 is 0. The Hall–Kier alpha value is -2.48. The van der Waals surface area contributed by atoms with Gasteiger partial charge < -0.3 is 5.32 Å². The highest BCUT2D eigenvalue weighted by molar-refractivity contribution is 5.31. The summed E-state index contributed by atoms with van der Waals surface area (Å²) in [6.07, 6.45) is 5.04. The molecular weight excluding hydrogens is 202 g/mol. The van der Waals surface area contributed by atoms with E-state index in [1.807, 2.05) is 18.2 Å². The molecule has 2 aromatic heterocycles. The Balaban J connectivity index is 2.03. The number of rotatable bonds is 3. The van der Waals surface area contributed by atoms with Crippen LogP contribution in [0.2, 0.25) is 0 Å². The van der Waals surface area contributed by atoms with Gasteiger partial charge in [0.1, 0.15) is 11.8 Å². The van der Waals surface area contributed by atoms with Crippen LogP contribution in [-0.2, 0) is 6.54 Å². The van der Waals surface area contributed by atoms with Crippen molar-refractivity contribution >= 4 is 5.95 Å². The normalized spacial score (nSPS) is 9.44. The summed E-state index contributed by atoms with van der Waals surface area (Å²) in [5, 5.41) is 11.7. The zero-order valence-corrected chi connectivity index (χ0v) is 8.46. The lowest BCUT2D eigenvalue weighted by Crippen LogP contribution is -2.04. The second-order valence-corrected chi connectivity index (χ2v) is 3.09. The second kappa shape index (κ2) is 4.84. The van der Waals surface area contributed by atoms with Gasteiger partial charge in [-0.05, 0) is 17.7 Å². The molecule has 0 amide bonds. The molecule has 0 saturated carbocycles. The van der Waals surface area contributed by atoms with Crippen molar-refractivity contribution in [2.24, 2.45) is 0 Å². The molecule has 78 valence electrons. The molecule has 2 heterocycles. The van der Waals surface area contributed by atoms with Crippen molar-refractivity contribution in [2.45, 2.75) is 6.54 Å². The second-order valence-electron chi connectivity index (χ2n) is 3.09. The molecule has 0 aromatic carbocycles. The van der Waals surface area contributed by atoms with Gasteiger partial charge in [0.05, 0.1) is 0 Å². The van der Waals surface area contributed by atoms with E-state index in [1.54, 1.807) is 24.7 Å². The summed E-state index contributed by atoms with van der Waals surface area (Å²) in [7, 11) is 0. The number of aromatic nitrogens is 3. The molecule has 2 aromatic rings. The fourth-order valence-corrected chi connectivity index (χ4v) is 1.19. The van der Waals surface area contributed by atoms with E-state index in [1.165, 1.54) is 0 Å². The number of nitrogens with zero attached hydrogens (tertiary/aromatic N) is 4. The van der Waals surface area contributed by atoms with E-state index in [9.17, 15) is 0 Å². The monoisotopic (exact) mass is 211 g/mol. The molecule has 0 aliphatic heterocycles. The SMILES string of the molecule is N#Cc1ccnc(NCc2cccnc2)n1. The molecule has 0 aliphatic rings. The minimum absolute atomic E-state index is 0.351. The van der Waals surface area contributed by atoms with Crippen LogP contribution in [0.25, 0.3) is 0 Å². The van der Waals surface area contributed by atoms with Crippen LogP contribution in [-0.4, -0.2) is 15.0 Å². The van der Waals surface area contributed by atoms with E-state index in [0.717, 1.165) is 5.56 Å². The van der Waals surface area contributed by atoms with E-state index in [-0.39, 0.29) is 0 Å². The largest absolute Gasteiger partial charge is 0.350 e. The first-order valence-corrected chi connectivity index (χ1v) is 4.74. The van der Waals surface area contributed by atoms with E-state index in [0.29, 0.717) is 18.2 Å². The lowest BCUT2D eigenvalue weighted by atomic mass is 10.3. The summed E-state index contributed by atoms with van der Waals surface area (Å²) >= 11 is 0. The maximum absolute atomic E-state index is 8.67. The van der Waals surface area contributed by atoms with Gasteiger partial charge in [-0.1, -0.05) is 6.07 Å². The predicted molar refractivity (Wildman–Crippen MR) is 58.3 cm³/mol. The Kier molecular flexibility index (Phi) is 3.04. The average molecular weight is 211 g/mol. The fraction of sp³-hybridized carbons (Fsp3) is 0.0909. The molecular formula is C11H9N5. The maximum Gasteiger partial charge on any atom is 0.224 e. The van der Waals surface area contributed by atoms with Gasteiger partial charge in [0.15, 0.2) is 0 Å². The summed E-state index contributed by atoms with van der Waals surface area (Å²) in [5.74, 6) is 0.447. The van der Waals surface area contributed by atoms with Gasteiger partial charge in [-0.2, -0.15) is 5.26 Å². The molecule has 16 heavy (non-hydrogen) atoms. The Morgan fingerprint density at radius 2 is 2.25 bits per heavy atom. The summed E-state index contributed by atoms with van der Waals surface area (Å²) in [4.78, 5) is 12.0. The van der Waals surface area contributed by atoms with Crippen LogP contribution in [0.1, 0.15) is 11.3 Å². The molecule has 1 N–H and O–H groups in total. The fourth-order valence-electron chi connectivity index (χ4n) is 1.19. The van der Waals surface area contributed by atoms with Crippen molar-refractivity contribution < 1.29 is 0 Å². The molecule has 0 aliphatic carbocycles. The predicted octanol–water partition coefficient (Wildman–Crippen LogP) is 1.36. The highest BCUT2D eigenvalue weighted by atomic mass is 15.1. The Labute approximate surface area is 92.8 Å². The van der Waals surface area contributed by atoms with Crippen LogP contribution in [0.3, 0.4) is 0 Å². The van der Waals surface area contributed by atoms with Crippen LogP contribution in [0.5, 0.6) is 0 Å². The van der Waals surface area contributed by atoms with E-state index >= 15 is 0 Å². The third-order valence-electron chi connectivity index (χ3n) is 1.94. The maximum atomic E-state index is 8.67. The lowest BCUT2D eigenvalue weighted by Gasteiger charge is -2.03. The third kappa shape index (κ3) is 2.51. The molecule has 5 nitrogen and oxygen atoms in total. The minimum atomic E-state index is 0.351. The van der Waals surface area contributed by atoms with Gasteiger partial charge >= 0.3 is 0 Å². The molecule has 0 saturated heterocycles. The van der Waals surface area contributed by atoms with Gasteiger partial charge in [0.2, 0.25) is 5.95 Å². The topological polar surface area (TPSA) is 74.5 Å². The number of nitrogens with one attached hydrogen (secondary N) is 1. The number of pyridine rings is 1. The van der Waals surface area contributed by atoms with E-state index in [4.69, 9.17) is 5.26 Å². The number of hydrogen-bond donors (Lipinski definition) is 1. The molecule has 0 unspecified atom stereocenters. The highest BCUT2D eigenvalue weighted by Crippen LogP contribution is 2.02. The summed E-state index contributed by atoms with van der Waals surface area (Å²) in [6.45, 7) is 0.586. The first-order valence-electron chi connectivity index (χ1n) is 4.74. The van der Waals surface area contributed by atoms with Crippen molar-refractivity contribution in [1.29, 1.82) is 5.26 Å². The quantitative estimate of drug-likeness (QED) is 0.829. The zero-order chi connectivity index (χ0) is 11.2. The van der Waals surface area contributed by atoms with Gasteiger partial charge in [-0.3, -0.25) is 4.98 Å². The molecule has 2 rings (SSSR count). The van der Waals surface area contributed by atoms with Crippen LogP contribution >= 0.6 is 0 Å². The summed E-state index contributed by atoms with van der Waals surface area (Å²) in [6, 6.07) is 7.34. The van der Waals surface area contributed by atoms with Crippen LogP contribution in [0, 0.1) is 11.3 Å². The highest BCUT2D eigenvalue weighted by Gasteiger charge is 1.98. The number of nitriles is 1. The van der Waals surface area contributed by atoms with Crippen molar-refractivity contribution in [3.05, 3.63) is 48.0 Å². The number of hydrogen-bond acceptors (Lipinski definition) is 5. The van der Waals surface area contributed by atoms with Crippen molar-refractivity contribution in [3.8, 4) is 6.07 Å².